The molecule has 0 saturated heterocycles. The van der Waals surface area contributed by atoms with Crippen LogP contribution < -0.4 is 5.32 Å². The zero-order chi connectivity index (χ0) is 14.8. The van der Waals surface area contributed by atoms with Crippen LogP contribution in [0.2, 0.25) is 0 Å². The number of benzene rings is 2. The summed E-state index contributed by atoms with van der Waals surface area (Å²) >= 11 is 0. The summed E-state index contributed by atoms with van der Waals surface area (Å²) in [5.41, 5.74) is 5.91. The summed E-state index contributed by atoms with van der Waals surface area (Å²) in [6, 6.07) is 18.4. The van der Waals surface area contributed by atoms with Crippen molar-refractivity contribution < 1.29 is 0 Å². The summed E-state index contributed by atoms with van der Waals surface area (Å²) < 4.78 is 0. The van der Waals surface area contributed by atoms with Crippen LogP contribution in [0.4, 0.5) is 0 Å². The van der Waals surface area contributed by atoms with E-state index in [1.165, 1.54) is 28.7 Å². The zero-order valence-corrected chi connectivity index (χ0v) is 13.3. The molecule has 0 heterocycles. The van der Waals surface area contributed by atoms with E-state index in [2.05, 4.69) is 74.7 Å². The quantitative estimate of drug-likeness (QED) is 0.850. The number of hydrogen-bond donors (Lipinski definition) is 1. The van der Waals surface area contributed by atoms with E-state index >= 15 is 0 Å². The largest absolute Gasteiger partial charge is 0.312 e. The Hall–Kier alpha value is -1.60. The minimum atomic E-state index is 0.423. The molecule has 110 valence electrons. The first-order valence-corrected chi connectivity index (χ1v) is 8.03. The maximum atomic E-state index is 3.54. The van der Waals surface area contributed by atoms with E-state index in [1.54, 1.807) is 0 Å². The summed E-state index contributed by atoms with van der Waals surface area (Å²) in [5.74, 6) is 1.32. The van der Waals surface area contributed by atoms with Gasteiger partial charge in [-0.2, -0.15) is 0 Å². The molecular weight excluding hydrogens is 254 g/mol. The Kier molecular flexibility index (Phi) is 4.12. The van der Waals surface area contributed by atoms with E-state index in [0.717, 1.165) is 6.42 Å². The van der Waals surface area contributed by atoms with Gasteiger partial charge in [-0.3, -0.25) is 0 Å². The fourth-order valence-corrected chi connectivity index (χ4v) is 3.58. The van der Waals surface area contributed by atoms with Crippen molar-refractivity contribution in [2.24, 2.45) is 5.92 Å². The van der Waals surface area contributed by atoms with E-state index in [1.807, 2.05) is 0 Å². The second-order valence-corrected chi connectivity index (χ2v) is 6.62. The highest BCUT2D eigenvalue weighted by Gasteiger charge is 2.32. The molecule has 0 aliphatic heterocycles. The molecule has 1 aliphatic rings. The van der Waals surface area contributed by atoms with E-state index < -0.39 is 0 Å². The first kappa shape index (κ1) is 14.3. The summed E-state index contributed by atoms with van der Waals surface area (Å²) in [6.07, 6.45) is 2.35. The van der Waals surface area contributed by atoms with Crippen LogP contribution in [0.25, 0.3) is 0 Å². The highest BCUT2D eigenvalue weighted by atomic mass is 14.9. The third-order valence-corrected chi connectivity index (χ3v) is 4.56. The molecule has 2 aromatic rings. The molecule has 1 nitrogen and oxygen atoms in total. The topological polar surface area (TPSA) is 12.0 Å². The first-order valence-electron chi connectivity index (χ1n) is 8.03. The lowest BCUT2D eigenvalue weighted by molar-refractivity contribution is 0.438. The van der Waals surface area contributed by atoms with E-state index in [9.17, 15) is 0 Å². The highest BCUT2D eigenvalue weighted by molar-refractivity contribution is 5.43. The molecule has 0 aromatic heterocycles. The minimum Gasteiger partial charge on any atom is -0.312 e. The van der Waals surface area contributed by atoms with Gasteiger partial charge in [-0.1, -0.05) is 62.4 Å². The Balaban J connectivity index is 1.85. The van der Waals surface area contributed by atoms with Crippen molar-refractivity contribution in [2.45, 2.75) is 38.6 Å². The molecular formula is C20H25N. The maximum Gasteiger partial charge on any atom is 0.0390 e. The van der Waals surface area contributed by atoms with Crippen molar-refractivity contribution in [3.05, 3.63) is 70.8 Å². The Morgan fingerprint density at radius 2 is 1.90 bits per heavy atom. The average Bonchev–Trinajstić information content (AvgIpc) is 2.44. The summed E-state index contributed by atoms with van der Waals surface area (Å²) in [7, 11) is 2.08. The number of fused-ring (bicyclic) bond motifs is 1. The standard InChI is InChI=1S/C20H25N/c1-14(2)11-15-7-6-9-17(12-15)20(21-3)19-13-16-8-4-5-10-18(16)19/h4-10,12,14,19-21H,11,13H2,1-3H3. The van der Waals surface area contributed by atoms with Gasteiger partial charge in [0.05, 0.1) is 0 Å². The van der Waals surface area contributed by atoms with Crippen molar-refractivity contribution in [3.8, 4) is 0 Å². The van der Waals surface area contributed by atoms with Crippen LogP contribution in [-0.2, 0) is 12.8 Å². The second-order valence-electron chi connectivity index (χ2n) is 6.62. The Morgan fingerprint density at radius 1 is 1.10 bits per heavy atom. The number of likely N-dealkylation sites (N-methyl/N-ethyl adjacent to an activating group) is 1. The lowest BCUT2D eigenvalue weighted by Gasteiger charge is -2.37. The fourth-order valence-electron chi connectivity index (χ4n) is 3.58. The predicted octanol–water partition coefficient (Wildman–Crippen LogP) is 4.49. The van der Waals surface area contributed by atoms with E-state index in [-0.39, 0.29) is 0 Å². The molecule has 0 spiro atoms. The molecule has 0 fully saturated rings. The number of nitrogens with one attached hydrogen (secondary N) is 1. The SMILES string of the molecule is CNC(c1cccc(CC(C)C)c1)C1Cc2ccccc21. The van der Waals surface area contributed by atoms with Gasteiger partial charge >= 0.3 is 0 Å². The smallest absolute Gasteiger partial charge is 0.0390 e. The van der Waals surface area contributed by atoms with Crippen molar-refractivity contribution >= 4 is 0 Å². The Morgan fingerprint density at radius 3 is 2.62 bits per heavy atom. The van der Waals surface area contributed by atoms with Crippen LogP contribution in [-0.4, -0.2) is 7.05 Å². The van der Waals surface area contributed by atoms with Crippen LogP contribution in [0, 0.1) is 5.92 Å². The van der Waals surface area contributed by atoms with E-state index in [0.29, 0.717) is 17.9 Å². The van der Waals surface area contributed by atoms with Gasteiger partial charge in [0.15, 0.2) is 0 Å². The molecule has 1 N–H and O–H groups in total. The van der Waals surface area contributed by atoms with Crippen molar-refractivity contribution in [1.29, 1.82) is 0 Å². The minimum absolute atomic E-state index is 0.423. The van der Waals surface area contributed by atoms with Gasteiger partial charge in [-0.25, -0.2) is 0 Å². The van der Waals surface area contributed by atoms with Gasteiger partial charge in [0.1, 0.15) is 0 Å². The monoisotopic (exact) mass is 279 g/mol. The van der Waals surface area contributed by atoms with Crippen LogP contribution in [0.5, 0.6) is 0 Å². The van der Waals surface area contributed by atoms with Gasteiger partial charge in [0.25, 0.3) is 0 Å². The second kappa shape index (κ2) is 6.03. The molecule has 1 aliphatic carbocycles. The molecule has 2 unspecified atom stereocenters. The van der Waals surface area contributed by atoms with Gasteiger partial charge in [0.2, 0.25) is 0 Å². The fraction of sp³-hybridized carbons (Fsp3) is 0.400. The van der Waals surface area contributed by atoms with E-state index in [4.69, 9.17) is 0 Å². The normalized spacial score (nSPS) is 18.2. The molecule has 2 atom stereocenters. The zero-order valence-electron chi connectivity index (χ0n) is 13.3. The molecule has 0 bridgehead atoms. The van der Waals surface area contributed by atoms with Crippen LogP contribution in [0.1, 0.15) is 48.1 Å². The lowest BCUT2D eigenvalue weighted by Crippen LogP contribution is -2.31. The molecule has 0 saturated carbocycles. The molecule has 1 heteroatoms. The third kappa shape index (κ3) is 2.89. The first-order chi connectivity index (χ1) is 10.2. The summed E-state index contributed by atoms with van der Waals surface area (Å²) in [6.45, 7) is 4.56. The maximum absolute atomic E-state index is 3.54. The average molecular weight is 279 g/mol. The predicted molar refractivity (Wildman–Crippen MR) is 89.7 cm³/mol. The Labute approximate surface area is 128 Å². The summed E-state index contributed by atoms with van der Waals surface area (Å²) in [4.78, 5) is 0. The number of rotatable bonds is 5. The Bertz CT molecular complexity index is 615. The molecule has 21 heavy (non-hydrogen) atoms. The highest BCUT2D eigenvalue weighted by Crippen LogP contribution is 2.43. The van der Waals surface area contributed by atoms with Gasteiger partial charge in [-0.05, 0) is 48.1 Å². The lowest BCUT2D eigenvalue weighted by atomic mass is 9.71. The molecule has 0 amide bonds. The number of hydrogen-bond acceptors (Lipinski definition) is 1. The molecule has 3 rings (SSSR count). The van der Waals surface area contributed by atoms with Gasteiger partial charge in [-0.15, -0.1) is 0 Å². The van der Waals surface area contributed by atoms with Crippen molar-refractivity contribution in [3.63, 3.8) is 0 Å². The van der Waals surface area contributed by atoms with Crippen molar-refractivity contribution in [2.75, 3.05) is 7.05 Å². The van der Waals surface area contributed by atoms with Crippen LogP contribution >= 0.6 is 0 Å². The van der Waals surface area contributed by atoms with Gasteiger partial charge in [0, 0.05) is 12.0 Å². The molecule has 0 radical (unpaired) electrons. The summed E-state index contributed by atoms with van der Waals surface area (Å²) in [5, 5.41) is 3.54. The van der Waals surface area contributed by atoms with Crippen molar-refractivity contribution in [1.82, 2.24) is 5.32 Å². The molecule has 2 aromatic carbocycles. The van der Waals surface area contributed by atoms with Crippen LogP contribution in [0.3, 0.4) is 0 Å². The van der Waals surface area contributed by atoms with Gasteiger partial charge < -0.3 is 5.32 Å². The third-order valence-electron chi connectivity index (χ3n) is 4.56. The van der Waals surface area contributed by atoms with Crippen LogP contribution in [0.15, 0.2) is 48.5 Å².